The Hall–Kier alpha value is -1.83. The van der Waals surface area contributed by atoms with E-state index < -0.39 is 0 Å². The highest BCUT2D eigenvalue weighted by Gasteiger charge is 2.12. The van der Waals surface area contributed by atoms with Crippen LogP contribution in [0.25, 0.3) is 10.2 Å². The van der Waals surface area contributed by atoms with Crippen molar-refractivity contribution in [2.24, 2.45) is 0 Å². The number of rotatable bonds is 6. The largest absolute Gasteiger partial charge is 0.495 e. The first kappa shape index (κ1) is 18.0. The molecule has 25 heavy (non-hydrogen) atoms. The lowest BCUT2D eigenvalue weighted by Crippen LogP contribution is -2.14. The van der Waals surface area contributed by atoms with Gasteiger partial charge in [-0.3, -0.25) is 4.79 Å². The molecule has 2 heterocycles. The maximum absolute atomic E-state index is 12.3. The summed E-state index contributed by atoms with van der Waals surface area (Å²) in [6.45, 7) is 2.11. The number of halogens is 1. The first-order chi connectivity index (χ1) is 12.1. The van der Waals surface area contributed by atoms with Crippen molar-refractivity contribution in [1.29, 1.82) is 0 Å². The van der Waals surface area contributed by atoms with Crippen LogP contribution in [-0.2, 0) is 11.2 Å². The Balaban J connectivity index is 1.71. The van der Waals surface area contributed by atoms with Crippen LogP contribution in [-0.4, -0.2) is 28.7 Å². The third-order valence-electron chi connectivity index (χ3n) is 3.47. The Labute approximate surface area is 158 Å². The third kappa shape index (κ3) is 4.23. The van der Waals surface area contributed by atoms with Crippen LogP contribution in [0.15, 0.2) is 35.6 Å². The van der Waals surface area contributed by atoms with Gasteiger partial charge < -0.3 is 10.1 Å². The van der Waals surface area contributed by atoms with Gasteiger partial charge in [-0.2, -0.15) is 0 Å². The van der Waals surface area contributed by atoms with Crippen molar-refractivity contribution in [3.05, 3.63) is 40.5 Å². The number of aryl methyl sites for hydroxylation is 1. The average Bonchev–Trinajstić information content (AvgIpc) is 3.04. The van der Waals surface area contributed by atoms with Crippen LogP contribution in [0.3, 0.4) is 0 Å². The molecule has 1 N–H and O–H groups in total. The first-order valence-corrected chi connectivity index (χ1v) is 9.78. The number of benzene rings is 1. The number of carbonyl (C=O) groups is 1. The van der Waals surface area contributed by atoms with Gasteiger partial charge in [0.25, 0.3) is 0 Å². The molecule has 0 fully saturated rings. The highest BCUT2D eigenvalue weighted by Crippen LogP contribution is 2.31. The first-order valence-electron chi connectivity index (χ1n) is 7.60. The number of nitrogens with one attached hydrogen (secondary N) is 1. The molecule has 5 nitrogen and oxygen atoms in total. The minimum Gasteiger partial charge on any atom is -0.495 e. The summed E-state index contributed by atoms with van der Waals surface area (Å²) in [5.41, 5.74) is 0.553. The van der Waals surface area contributed by atoms with E-state index in [0.717, 1.165) is 21.7 Å². The van der Waals surface area contributed by atoms with Crippen molar-refractivity contribution >= 4 is 56.5 Å². The van der Waals surface area contributed by atoms with Crippen molar-refractivity contribution in [3.8, 4) is 5.75 Å². The SMILES string of the molecule is CCc1cc2c(SCC(=O)Nc3cc(Cl)ccc3OC)ncnc2s1. The highest BCUT2D eigenvalue weighted by atomic mass is 35.5. The number of aromatic nitrogens is 2. The zero-order valence-corrected chi connectivity index (χ0v) is 16.1. The quantitative estimate of drug-likeness (QED) is 0.488. The number of thiophene rings is 1. The normalized spacial score (nSPS) is 10.8. The van der Waals surface area contributed by atoms with E-state index in [1.807, 2.05) is 0 Å². The van der Waals surface area contributed by atoms with Gasteiger partial charge in [0.15, 0.2) is 0 Å². The Bertz CT molecular complexity index is 914. The molecule has 3 rings (SSSR count). The van der Waals surface area contributed by atoms with Gasteiger partial charge in [-0.25, -0.2) is 9.97 Å². The third-order valence-corrected chi connectivity index (χ3v) is 5.90. The van der Waals surface area contributed by atoms with E-state index in [2.05, 4.69) is 28.3 Å². The highest BCUT2D eigenvalue weighted by molar-refractivity contribution is 8.00. The Morgan fingerprint density at radius 2 is 2.20 bits per heavy atom. The van der Waals surface area contributed by atoms with Crippen LogP contribution in [0, 0.1) is 0 Å². The zero-order valence-electron chi connectivity index (χ0n) is 13.7. The number of carbonyl (C=O) groups excluding carboxylic acids is 1. The van der Waals surface area contributed by atoms with Gasteiger partial charge in [-0.1, -0.05) is 30.3 Å². The fraction of sp³-hybridized carbons (Fsp3) is 0.235. The van der Waals surface area contributed by atoms with E-state index in [-0.39, 0.29) is 11.7 Å². The second-order valence-electron chi connectivity index (χ2n) is 5.15. The molecule has 0 bridgehead atoms. The fourth-order valence-corrected chi connectivity index (χ4v) is 4.22. The molecule has 130 valence electrons. The van der Waals surface area contributed by atoms with Gasteiger partial charge in [0.2, 0.25) is 5.91 Å². The molecule has 0 aliphatic heterocycles. The van der Waals surface area contributed by atoms with Crippen molar-refractivity contribution < 1.29 is 9.53 Å². The fourth-order valence-electron chi connectivity index (χ4n) is 2.27. The van der Waals surface area contributed by atoms with E-state index in [4.69, 9.17) is 16.3 Å². The van der Waals surface area contributed by atoms with E-state index in [0.29, 0.717) is 16.5 Å². The van der Waals surface area contributed by atoms with Gasteiger partial charge in [0, 0.05) is 15.3 Å². The van der Waals surface area contributed by atoms with Crippen LogP contribution < -0.4 is 10.1 Å². The molecule has 0 spiro atoms. The molecule has 0 aliphatic carbocycles. The summed E-state index contributed by atoms with van der Waals surface area (Å²) in [6, 6.07) is 7.19. The number of ether oxygens (including phenoxy) is 1. The molecule has 8 heteroatoms. The Morgan fingerprint density at radius 1 is 1.36 bits per heavy atom. The molecule has 2 aromatic heterocycles. The molecule has 0 saturated carbocycles. The second-order valence-corrected chi connectivity index (χ2v) is 7.66. The van der Waals surface area contributed by atoms with Crippen LogP contribution in [0.1, 0.15) is 11.8 Å². The lowest BCUT2D eigenvalue weighted by atomic mass is 10.3. The molecule has 3 aromatic rings. The van der Waals surface area contributed by atoms with Crippen LogP contribution in [0.5, 0.6) is 5.75 Å². The summed E-state index contributed by atoms with van der Waals surface area (Å²) in [6.07, 6.45) is 2.50. The lowest BCUT2D eigenvalue weighted by Gasteiger charge is -2.10. The average molecular weight is 394 g/mol. The molecule has 0 aliphatic rings. The number of anilines is 1. The molecule has 1 amide bonds. The summed E-state index contributed by atoms with van der Waals surface area (Å²) in [4.78, 5) is 23.1. The summed E-state index contributed by atoms with van der Waals surface area (Å²) >= 11 is 9.03. The number of methoxy groups -OCH3 is 1. The van der Waals surface area contributed by atoms with Crippen LogP contribution >= 0.6 is 34.7 Å². The summed E-state index contributed by atoms with van der Waals surface area (Å²) < 4.78 is 5.24. The molecule has 1 aromatic carbocycles. The Morgan fingerprint density at radius 3 is 2.96 bits per heavy atom. The number of fused-ring (bicyclic) bond motifs is 1. The monoisotopic (exact) mass is 393 g/mol. The van der Waals surface area contributed by atoms with Gasteiger partial charge >= 0.3 is 0 Å². The van der Waals surface area contributed by atoms with Crippen molar-refractivity contribution in [1.82, 2.24) is 9.97 Å². The molecular formula is C17H16ClN3O2S2. The van der Waals surface area contributed by atoms with Crippen molar-refractivity contribution in [3.63, 3.8) is 0 Å². The van der Waals surface area contributed by atoms with E-state index >= 15 is 0 Å². The minimum absolute atomic E-state index is 0.150. The Kier molecular flexibility index (Phi) is 5.78. The van der Waals surface area contributed by atoms with Crippen molar-refractivity contribution in [2.75, 3.05) is 18.2 Å². The summed E-state index contributed by atoms with van der Waals surface area (Å²) in [5, 5.41) is 5.18. The number of amides is 1. The number of thioether (sulfide) groups is 1. The van der Waals surface area contributed by atoms with E-state index in [1.54, 1.807) is 43.0 Å². The number of nitrogens with zero attached hydrogens (tertiary/aromatic N) is 2. The van der Waals surface area contributed by atoms with Crippen LogP contribution in [0.2, 0.25) is 5.02 Å². The van der Waals surface area contributed by atoms with Gasteiger partial charge in [-0.05, 0) is 30.7 Å². The molecule has 0 unspecified atom stereocenters. The summed E-state index contributed by atoms with van der Waals surface area (Å²) in [5.74, 6) is 0.653. The van der Waals surface area contributed by atoms with E-state index in [9.17, 15) is 4.79 Å². The standard InChI is InChI=1S/C17H16ClN3O2S2/c1-3-11-7-12-16(19-9-20-17(12)25-11)24-8-15(22)21-13-6-10(18)4-5-14(13)23-2/h4-7,9H,3,8H2,1-2H3,(H,21,22). The zero-order chi connectivity index (χ0) is 17.8. The number of hydrogen-bond donors (Lipinski definition) is 1. The van der Waals surface area contributed by atoms with E-state index in [1.165, 1.54) is 16.6 Å². The predicted octanol–water partition coefficient (Wildman–Crippen LogP) is 4.65. The molecule has 0 radical (unpaired) electrons. The summed E-state index contributed by atoms with van der Waals surface area (Å²) in [7, 11) is 1.55. The molecular weight excluding hydrogens is 378 g/mol. The minimum atomic E-state index is -0.150. The van der Waals surface area contributed by atoms with Gasteiger partial charge in [-0.15, -0.1) is 11.3 Å². The van der Waals surface area contributed by atoms with Gasteiger partial charge in [0.05, 0.1) is 18.6 Å². The second kappa shape index (κ2) is 8.03. The smallest absolute Gasteiger partial charge is 0.234 e. The maximum Gasteiger partial charge on any atom is 0.234 e. The molecule has 0 atom stereocenters. The number of hydrogen-bond acceptors (Lipinski definition) is 6. The maximum atomic E-state index is 12.3. The van der Waals surface area contributed by atoms with Crippen molar-refractivity contribution in [2.45, 2.75) is 18.4 Å². The van der Waals surface area contributed by atoms with Crippen LogP contribution in [0.4, 0.5) is 5.69 Å². The van der Waals surface area contributed by atoms with Gasteiger partial charge in [0.1, 0.15) is 21.9 Å². The predicted molar refractivity (Wildman–Crippen MR) is 104 cm³/mol. The lowest BCUT2D eigenvalue weighted by molar-refractivity contribution is -0.113. The topological polar surface area (TPSA) is 64.1 Å². The molecule has 0 saturated heterocycles.